The molecule has 0 spiro atoms. The monoisotopic (exact) mass is 462 g/mol. The molecule has 9 N–H and O–H groups in total. The molecule has 1 aromatic rings. The molecule has 192 valence electrons. The van der Waals surface area contributed by atoms with Gasteiger partial charge < -0.3 is 33.2 Å². The maximum absolute atomic E-state index is 5.58. The lowest BCUT2D eigenvalue weighted by Gasteiger charge is -2.13. The molecule has 0 aliphatic heterocycles. The van der Waals surface area contributed by atoms with Crippen LogP contribution in [0.4, 0.5) is 0 Å². The van der Waals surface area contributed by atoms with E-state index in [0.29, 0.717) is 0 Å². The molecule has 0 atom stereocenters. The van der Waals surface area contributed by atoms with Gasteiger partial charge in [-0.2, -0.15) is 0 Å². The fraction of sp³-hybridized carbons (Fsp3) is 0.778. The molecule has 6 heteroatoms. The summed E-state index contributed by atoms with van der Waals surface area (Å²) in [5.74, 6) is 0. The average Bonchev–Trinajstić information content (AvgIpc) is 2.82. The summed E-state index contributed by atoms with van der Waals surface area (Å²) in [6.45, 7) is 8.48. The van der Waals surface area contributed by atoms with Crippen molar-refractivity contribution in [3.63, 3.8) is 0 Å². The Morgan fingerprint density at radius 2 is 0.667 bits per heavy atom. The number of hydrogen-bond acceptors (Lipinski definition) is 6. The molecule has 33 heavy (non-hydrogen) atoms. The minimum Gasteiger partial charge on any atom is -0.330 e. The van der Waals surface area contributed by atoms with E-state index in [2.05, 4.69) is 34.1 Å². The van der Waals surface area contributed by atoms with Crippen LogP contribution in [0.5, 0.6) is 0 Å². The number of hydrogen-bond donors (Lipinski definition) is 6. The molecule has 0 saturated carbocycles. The minimum atomic E-state index is 0.812. The highest BCUT2D eigenvalue weighted by atomic mass is 14.9. The van der Waals surface area contributed by atoms with Crippen LogP contribution in [0.25, 0.3) is 0 Å². The first-order valence-electron chi connectivity index (χ1n) is 13.6. The van der Waals surface area contributed by atoms with E-state index in [4.69, 9.17) is 17.2 Å². The second-order valence-corrected chi connectivity index (χ2v) is 9.30. The highest BCUT2D eigenvalue weighted by Crippen LogP contribution is 2.12. The predicted molar refractivity (Wildman–Crippen MR) is 144 cm³/mol. The fourth-order valence-corrected chi connectivity index (χ4v) is 4.09. The van der Waals surface area contributed by atoms with Crippen LogP contribution in [0.15, 0.2) is 18.2 Å². The van der Waals surface area contributed by atoms with Gasteiger partial charge >= 0.3 is 0 Å². The van der Waals surface area contributed by atoms with Crippen LogP contribution in [-0.4, -0.2) is 39.3 Å². The molecule has 1 aromatic carbocycles. The van der Waals surface area contributed by atoms with E-state index in [0.717, 1.165) is 78.2 Å². The molecule has 0 aromatic heterocycles. The highest BCUT2D eigenvalue weighted by Gasteiger charge is 2.03. The van der Waals surface area contributed by atoms with Gasteiger partial charge in [0.1, 0.15) is 0 Å². The van der Waals surface area contributed by atoms with Gasteiger partial charge in [-0.1, -0.05) is 56.7 Å². The molecule has 6 nitrogen and oxygen atoms in total. The van der Waals surface area contributed by atoms with Crippen molar-refractivity contribution in [1.82, 2.24) is 16.0 Å². The third kappa shape index (κ3) is 18.0. The first-order chi connectivity index (χ1) is 16.3. The molecule has 0 bridgehead atoms. The van der Waals surface area contributed by atoms with Crippen molar-refractivity contribution in [2.75, 3.05) is 39.3 Å². The summed E-state index contributed by atoms with van der Waals surface area (Å²) in [6, 6.07) is 7.08. The third-order valence-electron chi connectivity index (χ3n) is 6.02. The molecule has 0 saturated heterocycles. The number of rotatable bonds is 24. The van der Waals surface area contributed by atoms with Crippen molar-refractivity contribution in [1.29, 1.82) is 0 Å². The van der Waals surface area contributed by atoms with E-state index in [1.165, 1.54) is 74.5 Å². The molecular formula is C27H54N6. The second-order valence-electron chi connectivity index (χ2n) is 9.30. The summed E-state index contributed by atoms with van der Waals surface area (Å²) in [6.07, 6.45) is 14.6. The number of nitrogens with two attached hydrogens (primary N) is 3. The Kier molecular flexibility index (Phi) is 20.7. The Hall–Kier alpha value is -1.02. The van der Waals surface area contributed by atoms with E-state index in [1.807, 2.05) is 0 Å². The van der Waals surface area contributed by atoms with Crippen LogP contribution < -0.4 is 33.2 Å². The largest absolute Gasteiger partial charge is 0.330 e. The Bertz CT molecular complexity index is 463. The maximum atomic E-state index is 5.58. The molecule has 0 fully saturated rings. The first kappa shape index (κ1) is 30.0. The van der Waals surface area contributed by atoms with Crippen LogP contribution in [0.2, 0.25) is 0 Å². The van der Waals surface area contributed by atoms with Gasteiger partial charge in [-0.05, 0) is 94.5 Å². The summed E-state index contributed by atoms with van der Waals surface area (Å²) >= 11 is 0. The molecule has 1 rings (SSSR count). The summed E-state index contributed by atoms with van der Waals surface area (Å²) in [4.78, 5) is 0. The Morgan fingerprint density at radius 1 is 0.394 bits per heavy atom. The van der Waals surface area contributed by atoms with Gasteiger partial charge in [0.25, 0.3) is 0 Å². The minimum absolute atomic E-state index is 0.812. The van der Waals surface area contributed by atoms with Crippen LogP contribution in [0.1, 0.15) is 93.7 Å². The first-order valence-corrected chi connectivity index (χ1v) is 13.6. The maximum Gasteiger partial charge on any atom is 0.0205 e. The van der Waals surface area contributed by atoms with Crippen LogP contribution >= 0.6 is 0 Å². The average molecular weight is 463 g/mol. The number of nitrogens with one attached hydrogen (secondary N) is 3. The SMILES string of the molecule is NCCCCCCNCc1cc(CNCCCCCCN)cc(CNCCCCCCN)c1. The quantitative estimate of drug-likeness (QED) is 0.131. The van der Waals surface area contributed by atoms with E-state index in [-0.39, 0.29) is 0 Å². The third-order valence-corrected chi connectivity index (χ3v) is 6.02. The summed E-state index contributed by atoms with van der Waals surface area (Å²) in [7, 11) is 0. The van der Waals surface area contributed by atoms with Crippen molar-refractivity contribution in [3.05, 3.63) is 34.9 Å². The van der Waals surface area contributed by atoms with Gasteiger partial charge in [-0.15, -0.1) is 0 Å². The molecule has 0 amide bonds. The lowest BCUT2D eigenvalue weighted by molar-refractivity contribution is 0.582. The van der Waals surface area contributed by atoms with Crippen molar-refractivity contribution in [2.24, 2.45) is 17.2 Å². The molecule has 0 radical (unpaired) electrons. The zero-order valence-electron chi connectivity index (χ0n) is 21.3. The topological polar surface area (TPSA) is 114 Å². The normalized spacial score (nSPS) is 11.4. The Balaban J connectivity index is 2.44. The summed E-state index contributed by atoms with van der Waals surface area (Å²) in [5, 5.41) is 10.9. The van der Waals surface area contributed by atoms with Crippen LogP contribution in [-0.2, 0) is 19.6 Å². The van der Waals surface area contributed by atoms with Crippen molar-refractivity contribution >= 4 is 0 Å². The van der Waals surface area contributed by atoms with E-state index in [1.54, 1.807) is 0 Å². The van der Waals surface area contributed by atoms with Crippen molar-refractivity contribution < 1.29 is 0 Å². The summed E-state index contributed by atoms with van der Waals surface area (Å²) in [5.41, 5.74) is 20.9. The zero-order valence-corrected chi connectivity index (χ0v) is 21.3. The van der Waals surface area contributed by atoms with Crippen LogP contribution in [0.3, 0.4) is 0 Å². The van der Waals surface area contributed by atoms with Gasteiger partial charge in [0.2, 0.25) is 0 Å². The van der Waals surface area contributed by atoms with E-state index < -0.39 is 0 Å². The van der Waals surface area contributed by atoms with Crippen LogP contribution in [0, 0.1) is 0 Å². The van der Waals surface area contributed by atoms with Crippen molar-refractivity contribution in [2.45, 2.75) is 96.7 Å². The molecular weight excluding hydrogens is 408 g/mol. The Labute approximate surface area is 204 Å². The smallest absolute Gasteiger partial charge is 0.0205 e. The van der Waals surface area contributed by atoms with E-state index in [9.17, 15) is 0 Å². The summed E-state index contributed by atoms with van der Waals surface area (Å²) < 4.78 is 0. The van der Waals surface area contributed by atoms with Gasteiger partial charge in [0.15, 0.2) is 0 Å². The molecule has 0 aliphatic carbocycles. The fourth-order valence-electron chi connectivity index (χ4n) is 4.09. The van der Waals surface area contributed by atoms with Crippen molar-refractivity contribution in [3.8, 4) is 0 Å². The number of unbranched alkanes of at least 4 members (excludes halogenated alkanes) is 9. The zero-order chi connectivity index (χ0) is 23.8. The van der Waals surface area contributed by atoms with Gasteiger partial charge in [-0.3, -0.25) is 0 Å². The van der Waals surface area contributed by atoms with Gasteiger partial charge in [-0.25, -0.2) is 0 Å². The van der Waals surface area contributed by atoms with Gasteiger partial charge in [0, 0.05) is 19.6 Å². The highest BCUT2D eigenvalue weighted by molar-refractivity contribution is 5.30. The predicted octanol–water partition coefficient (Wildman–Crippen LogP) is 3.51. The lowest BCUT2D eigenvalue weighted by atomic mass is 10.0. The van der Waals surface area contributed by atoms with E-state index >= 15 is 0 Å². The second kappa shape index (κ2) is 22.8. The Morgan fingerprint density at radius 3 is 0.939 bits per heavy atom. The number of benzene rings is 1. The lowest BCUT2D eigenvalue weighted by Crippen LogP contribution is -2.19. The van der Waals surface area contributed by atoms with Gasteiger partial charge in [0.05, 0.1) is 0 Å². The molecule has 0 heterocycles. The molecule has 0 aliphatic rings. The molecule has 0 unspecified atom stereocenters. The standard InChI is InChI=1S/C27H54N6/c28-13-7-1-4-10-16-31-22-25-19-26(23-32-17-11-5-2-8-14-29)21-27(20-25)24-33-18-12-6-3-9-15-30/h19-21,31-33H,1-18,22-24,28-30H2.